The van der Waals surface area contributed by atoms with Gasteiger partial charge in [-0.05, 0) is 24.6 Å². The molecule has 0 aliphatic carbocycles. The number of fused-ring (bicyclic) bond motifs is 1. The number of halogens is 3. The van der Waals surface area contributed by atoms with Gasteiger partial charge in [0.2, 0.25) is 0 Å². The number of benzene rings is 1. The molecule has 0 aliphatic rings. The zero-order valence-electron chi connectivity index (χ0n) is 10.5. The predicted molar refractivity (Wildman–Crippen MR) is 69.1 cm³/mol. The maximum absolute atomic E-state index is 13.0. The number of pyridine rings is 1. The van der Waals surface area contributed by atoms with Gasteiger partial charge >= 0.3 is 6.18 Å². The van der Waals surface area contributed by atoms with E-state index in [1.165, 1.54) is 12.1 Å². The molecule has 0 aliphatic heterocycles. The summed E-state index contributed by atoms with van der Waals surface area (Å²) in [6.07, 6.45) is -2.84. The quantitative estimate of drug-likeness (QED) is 0.731. The van der Waals surface area contributed by atoms with Crippen molar-refractivity contribution in [2.45, 2.75) is 13.1 Å². The van der Waals surface area contributed by atoms with E-state index in [1.54, 1.807) is 18.3 Å². The molecule has 1 aromatic carbocycles. The van der Waals surface area contributed by atoms with Crippen LogP contribution in [0.25, 0.3) is 22.6 Å². The van der Waals surface area contributed by atoms with Gasteiger partial charge in [0.1, 0.15) is 5.82 Å². The van der Waals surface area contributed by atoms with Crippen LogP contribution in [0.5, 0.6) is 0 Å². The molecule has 6 heteroatoms. The van der Waals surface area contributed by atoms with Crippen molar-refractivity contribution < 1.29 is 13.2 Å². The van der Waals surface area contributed by atoms with E-state index in [2.05, 4.69) is 15.0 Å². The van der Waals surface area contributed by atoms with Gasteiger partial charge in [0.15, 0.2) is 5.65 Å². The monoisotopic (exact) mass is 277 g/mol. The molecule has 0 unspecified atom stereocenters. The molecule has 3 aromatic rings. The van der Waals surface area contributed by atoms with Gasteiger partial charge in [-0.3, -0.25) is 0 Å². The fourth-order valence-corrected chi connectivity index (χ4v) is 2.10. The summed E-state index contributed by atoms with van der Waals surface area (Å²) in [5, 5.41) is 0. The van der Waals surface area contributed by atoms with Crippen LogP contribution in [0.15, 0.2) is 36.5 Å². The highest BCUT2D eigenvalue weighted by Crippen LogP contribution is 2.36. The molecule has 3 rings (SSSR count). The molecule has 0 radical (unpaired) electrons. The minimum Gasteiger partial charge on any atom is -0.336 e. The van der Waals surface area contributed by atoms with Crippen molar-refractivity contribution in [3.63, 3.8) is 0 Å². The molecule has 0 spiro atoms. The van der Waals surface area contributed by atoms with Crippen LogP contribution in [-0.4, -0.2) is 15.0 Å². The topological polar surface area (TPSA) is 41.6 Å². The summed E-state index contributed by atoms with van der Waals surface area (Å²) in [7, 11) is 0. The van der Waals surface area contributed by atoms with E-state index in [9.17, 15) is 13.2 Å². The van der Waals surface area contributed by atoms with E-state index in [0.717, 1.165) is 11.6 Å². The third-order valence-electron chi connectivity index (χ3n) is 3.09. The lowest BCUT2D eigenvalue weighted by Crippen LogP contribution is -2.07. The van der Waals surface area contributed by atoms with Gasteiger partial charge < -0.3 is 4.98 Å². The Balaban J connectivity index is 2.24. The van der Waals surface area contributed by atoms with Crippen LogP contribution in [0, 0.1) is 6.92 Å². The number of alkyl halides is 3. The molecule has 2 heterocycles. The number of aromatic nitrogens is 3. The molecular formula is C14H10F3N3. The molecular weight excluding hydrogens is 267 g/mol. The van der Waals surface area contributed by atoms with Gasteiger partial charge in [0.25, 0.3) is 0 Å². The molecule has 1 N–H and O–H groups in total. The Hall–Kier alpha value is -2.37. The van der Waals surface area contributed by atoms with Gasteiger partial charge in [0, 0.05) is 11.8 Å². The predicted octanol–water partition coefficient (Wildman–Crippen LogP) is 3.95. The lowest BCUT2D eigenvalue weighted by Gasteiger charge is -2.10. The summed E-state index contributed by atoms with van der Waals surface area (Å²) in [6.45, 7) is 1.85. The first-order valence-corrected chi connectivity index (χ1v) is 5.95. The highest BCUT2D eigenvalue weighted by molar-refractivity contribution is 5.79. The van der Waals surface area contributed by atoms with Gasteiger partial charge in [-0.25, -0.2) is 9.97 Å². The molecule has 0 bridgehead atoms. The second kappa shape index (κ2) is 4.33. The van der Waals surface area contributed by atoms with E-state index in [-0.39, 0.29) is 11.4 Å². The van der Waals surface area contributed by atoms with Crippen LogP contribution in [-0.2, 0) is 6.18 Å². The van der Waals surface area contributed by atoms with Crippen molar-refractivity contribution in [1.29, 1.82) is 0 Å². The number of nitrogens with zero attached hydrogens (tertiary/aromatic N) is 2. The molecule has 0 amide bonds. The Morgan fingerprint density at radius 1 is 1.10 bits per heavy atom. The highest BCUT2D eigenvalue weighted by atomic mass is 19.4. The summed E-state index contributed by atoms with van der Waals surface area (Å²) >= 11 is 0. The molecule has 20 heavy (non-hydrogen) atoms. The molecule has 0 atom stereocenters. The normalized spacial score (nSPS) is 12.0. The van der Waals surface area contributed by atoms with Crippen molar-refractivity contribution in [1.82, 2.24) is 15.0 Å². The molecule has 102 valence electrons. The number of H-pyrrole nitrogens is 1. The minimum atomic E-state index is -4.42. The second-order valence-corrected chi connectivity index (χ2v) is 4.46. The molecule has 0 fully saturated rings. The SMILES string of the molecule is Cc1ccnc2nc(-c3ccccc3C(F)(F)F)[nH]c12. The fourth-order valence-electron chi connectivity index (χ4n) is 2.10. The number of aromatic amines is 1. The average molecular weight is 277 g/mol. The van der Waals surface area contributed by atoms with Crippen molar-refractivity contribution in [3.05, 3.63) is 47.7 Å². The number of nitrogens with one attached hydrogen (secondary N) is 1. The molecule has 3 nitrogen and oxygen atoms in total. The smallest absolute Gasteiger partial charge is 0.336 e. The fraction of sp³-hybridized carbons (Fsp3) is 0.143. The maximum atomic E-state index is 13.0. The van der Waals surface area contributed by atoms with E-state index < -0.39 is 11.7 Å². The second-order valence-electron chi connectivity index (χ2n) is 4.46. The Labute approximate surface area is 112 Å². The Bertz CT molecular complexity index is 775. The summed E-state index contributed by atoms with van der Waals surface area (Å²) < 4.78 is 39.0. The van der Waals surface area contributed by atoms with E-state index in [0.29, 0.717) is 11.2 Å². The van der Waals surface area contributed by atoms with Crippen LogP contribution in [0.1, 0.15) is 11.1 Å². The summed E-state index contributed by atoms with van der Waals surface area (Å²) in [5.41, 5.74) is 1.27. The summed E-state index contributed by atoms with van der Waals surface area (Å²) in [6, 6.07) is 7.13. The number of hydrogen-bond donors (Lipinski definition) is 1. The largest absolute Gasteiger partial charge is 0.417 e. The first kappa shape index (κ1) is 12.7. The molecule has 0 saturated heterocycles. The third kappa shape index (κ3) is 2.03. The number of hydrogen-bond acceptors (Lipinski definition) is 2. The lowest BCUT2D eigenvalue weighted by molar-refractivity contribution is -0.137. The Morgan fingerprint density at radius 3 is 2.55 bits per heavy atom. The Kier molecular flexibility index (Phi) is 2.74. The summed E-state index contributed by atoms with van der Waals surface area (Å²) in [4.78, 5) is 11.1. The number of rotatable bonds is 1. The van der Waals surface area contributed by atoms with E-state index in [1.807, 2.05) is 6.92 Å². The van der Waals surface area contributed by atoms with Gasteiger partial charge in [-0.1, -0.05) is 18.2 Å². The molecule has 0 saturated carbocycles. The lowest BCUT2D eigenvalue weighted by atomic mass is 10.1. The maximum Gasteiger partial charge on any atom is 0.417 e. The van der Waals surface area contributed by atoms with Crippen molar-refractivity contribution in [2.75, 3.05) is 0 Å². The van der Waals surface area contributed by atoms with Crippen LogP contribution in [0.4, 0.5) is 13.2 Å². The van der Waals surface area contributed by atoms with Crippen LogP contribution < -0.4 is 0 Å². The summed E-state index contributed by atoms with van der Waals surface area (Å²) in [5.74, 6) is 0.176. The highest BCUT2D eigenvalue weighted by Gasteiger charge is 2.34. The third-order valence-corrected chi connectivity index (χ3v) is 3.09. The zero-order chi connectivity index (χ0) is 14.3. The number of aryl methyl sites for hydroxylation is 1. The van der Waals surface area contributed by atoms with Crippen LogP contribution in [0.2, 0.25) is 0 Å². The minimum absolute atomic E-state index is 0.0254. The van der Waals surface area contributed by atoms with Crippen LogP contribution in [0.3, 0.4) is 0 Å². The standard InChI is InChI=1S/C14H10F3N3/c1-8-6-7-18-13-11(8)19-12(20-13)9-4-2-3-5-10(9)14(15,16)17/h2-7H,1H3,(H,18,19,20). The van der Waals surface area contributed by atoms with Gasteiger partial charge in [0.05, 0.1) is 11.1 Å². The first-order valence-electron chi connectivity index (χ1n) is 5.95. The molecule has 2 aromatic heterocycles. The van der Waals surface area contributed by atoms with Gasteiger partial charge in [-0.2, -0.15) is 13.2 Å². The number of imidazole rings is 1. The van der Waals surface area contributed by atoms with E-state index >= 15 is 0 Å². The average Bonchev–Trinajstić information content (AvgIpc) is 2.83. The van der Waals surface area contributed by atoms with E-state index in [4.69, 9.17) is 0 Å². The van der Waals surface area contributed by atoms with Gasteiger partial charge in [-0.15, -0.1) is 0 Å². The van der Waals surface area contributed by atoms with Crippen molar-refractivity contribution >= 4 is 11.2 Å². The van der Waals surface area contributed by atoms with Crippen molar-refractivity contribution in [3.8, 4) is 11.4 Å². The van der Waals surface area contributed by atoms with Crippen molar-refractivity contribution in [2.24, 2.45) is 0 Å². The zero-order valence-corrected chi connectivity index (χ0v) is 10.5. The van der Waals surface area contributed by atoms with Crippen LogP contribution >= 0.6 is 0 Å². The Morgan fingerprint density at radius 2 is 1.85 bits per heavy atom. The first-order chi connectivity index (χ1) is 9.47.